The molecule has 4 heteroatoms. The van der Waals surface area contributed by atoms with Gasteiger partial charge in [-0.25, -0.2) is 0 Å². The van der Waals surface area contributed by atoms with E-state index in [9.17, 15) is 9.59 Å². The molecule has 0 bridgehead atoms. The largest absolute Gasteiger partial charge is 0.333 e. The number of aryl methyl sites for hydroxylation is 2. The molecular formula is C15H20N2O2. The lowest BCUT2D eigenvalue weighted by Crippen LogP contribution is -2.49. The van der Waals surface area contributed by atoms with Crippen LogP contribution in [0.3, 0.4) is 0 Å². The van der Waals surface area contributed by atoms with Gasteiger partial charge in [0.25, 0.3) is 11.7 Å². The van der Waals surface area contributed by atoms with Crippen LogP contribution in [0.25, 0.3) is 0 Å². The number of carbonyl (C=O) groups excluding carboxylic acids is 2. The van der Waals surface area contributed by atoms with E-state index < -0.39 is 0 Å². The van der Waals surface area contributed by atoms with Crippen LogP contribution in [0.1, 0.15) is 21.5 Å². The second-order valence-corrected chi connectivity index (χ2v) is 5.24. The molecule has 1 amide bonds. The summed E-state index contributed by atoms with van der Waals surface area (Å²) in [5, 5.41) is 0. The number of amides is 1. The molecule has 0 unspecified atom stereocenters. The number of hydrogen-bond donors (Lipinski definition) is 0. The van der Waals surface area contributed by atoms with Gasteiger partial charge in [-0.05, 0) is 32.5 Å². The predicted octanol–water partition coefficient (Wildman–Crippen LogP) is 1.26. The Bertz CT molecular complexity index is 503. The maximum absolute atomic E-state index is 12.3. The molecule has 0 atom stereocenters. The highest BCUT2D eigenvalue weighted by atomic mass is 16.2. The molecule has 0 radical (unpaired) electrons. The van der Waals surface area contributed by atoms with E-state index in [0.717, 1.165) is 24.2 Å². The minimum Gasteiger partial charge on any atom is -0.333 e. The normalized spacial score (nSPS) is 16.5. The van der Waals surface area contributed by atoms with Gasteiger partial charge in [0.2, 0.25) is 0 Å². The highest BCUT2D eigenvalue weighted by molar-refractivity contribution is 6.43. The Labute approximate surface area is 114 Å². The van der Waals surface area contributed by atoms with Crippen LogP contribution >= 0.6 is 0 Å². The second-order valence-electron chi connectivity index (χ2n) is 5.24. The summed E-state index contributed by atoms with van der Waals surface area (Å²) in [6, 6.07) is 5.64. The molecule has 2 rings (SSSR count). The van der Waals surface area contributed by atoms with Crippen LogP contribution in [-0.4, -0.2) is 54.7 Å². The summed E-state index contributed by atoms with van der Waals surface area (Å²) in [6.07, 6.45) is 0. The van der Waals surface area contributed by atoms with Crippen molar-refractivity contribution in [3.8, 4) is 0 Å². The standard InChI is InChI=1S/C15H20N2O2/c1-11-4-5-12(2)13(10-11)14(18)15(19)17-8-6-16(3)7-9-17/h4-5,10H,6-9H2,1-3H3. The molecule has 1 fully saturated rings. The SMILES string of the molecule is Cc1ccc(C)c(C(=O)C(=O)N2CCN(C)CC2)c1. The van der Waals surface area contributed by atoms with Crippen LogP contribution in [0.5, 0.6) is 0 Å². The van der Waals surface area contributed by atoms with Gasteiger partial charge in [0, 0.05) is 31.7 Å². The molecule has 1 aliphatic rings. The van der Waals surface area contributed by atoms with Gasteiger partial charge in [0.05, 0.1) is 0 Å². The summed E-state index contributed by atoms with van der Waals surface area (Å²) in [6.45, 7) is 6.70. The molecule has 1 aromatic rings. The van der Waals surface area contributed by atoms with Gasteiger partial charge in [-0.15, -0.1) is 0 Å². The average molecular weight is 260 g/mol. The molecule has 0 saturated carbocycles. The maximum Gasteiger partial charge on any atom is 0.295 e. The van der Waals surface area contributed by atoms with Crippen LogP contribution in [0, 0.1) is 13.8 Å². The van der Waals surface area contributed by atoms with E-state index in [1.807, 2.05) is 33.0 Å². The third kappa shape index (κ3) is 3.01. The fourth-order valence-corrected chi connectivity index (χ4v) is 2.25. The fourth-order valence-electron chi connectivity index (χ4n) is 2.25. The van der Waals surface area contributed by atoms with Crippen molar-refractivity contribution in [2.75, 3.05) is 33.2 Å². The van der Waals surface area contributed by atoms with Crippen LogP contribution in [0.2, 0.25) is 0 Å². The molecule has 4 nitrogen and oxygen atoms in total. The minimum absolute atomic E-state index is 0.373. The summed E-state index contributed by atoms with van der Waals surface area (Å²) in [4.78, 5) is 28.3. The number of rotatable bonds is 2. The smallest absolute Gasteiger partial charge is 0.295 e. The Morgan fingerprint density at radius 2 is 1.68 bits per heavy atom. The molecule has 1 aromatic carbocycles. The number of ketones is 1. The van der Waals surface area contributed by atoms with Gasteiger partial charge in [-0.3, -0.25) is 9.59 Å². The van der Waals surface area contributed by atoms with Crippen molar-refractivity contribution in [3.05, 3.63) is 34.9 Å². The average Bonchev–Trinajstić information content (AvgIpc) is 2.41. The van der Waals surface area contributed by atoms with Crippen molar-refractivity contribution in [2.24, 2.45) is 0 Å². The first-order valence-corrected chi connectivity index (χ1v) is 6.58. The fraction of sp³-hybridized carbons (Fsp3) is 0.467. The van der Waals surface area contributed by atoms with Crippen LogP contribution in [-0.2, 0) is 4.79 Å². The quantitative estimate of drug-likeness (QED) is 0.594. The van der Waals surface area contributed by atoms with E-state index in [4.69, 9.17) is 0 Å². The first-order valence-electron chi connectivity index (χ1n) is 6.58. The van der Waals surface area contributed by atoms with Gasteiger partial charge < -0.3 is 9.80 Å². The molecule has 0 aliphatic carbocycles. The van der Waals surface area contributed by atoms with Crippen molar-refractivity contribution in [1.29, 1.82) is 0 Å². The molecular weight excluding hydrogens is 240 g/mol. The molecule has 1 saturated heterocycles. The second kappa shape index (κ2) is 5.53. The predicted molar refractivity (Wildman–Crippen MR) is 74.3 cm³/mol. The molecule has 19 heavy (non-hydrogen) atoms. The Morgan fingerprint density at radius 1 is 1.05 bits per heavy atom. The summed E-state index contributed by atoms with van der Waals surface area (Å²) < 4.78 is 0. The van der Waals surface area contributed by atoms with Gasteiger partial charge in [0.1, 0.15) is 0 Å². The third-order valence-electron chi connectivity index (χ3n) is 3.62. The lowest BCUT2D eigenvalue weighted by molar-refractivity contribution is -0.127. The van der Waals surface area contributed by atoms with Crippen LogP contribution in [0.15, 0.2) is 18.2 Å². The summed E-state index contributed by atoms with van der Waals surface area (Å²) in [7, 11) is 2.02. The Kier molecular flexibility index (Phi) is 4.00. The summed E-state index contributed by atoms with van der Waals surface area (Å²) in [5.41, 5.74) is 2.39. The molecule has 0 spiro atoms. The van der Waals surface area contributed by atoms with Gasteiger partial charge in [-0.2, -0.15) is 0 Å². The molecule has 0 aromatic heterocycles. The lowest BCUT2D eigenvalue weighted by atomic mass is 10.0. The van der Waals surface area contributed by atoms with E-state index in [0.29, 0.717) is 18.7 Å². The van der Waals surface area contributed by atoms with Gasteiger partial charge in [0.15, 0.2) is 0 Å². The lowest BCUT2D eigenvalue weighted by Gasteiger charge is -2.32. The van der Waals surface area contributed by atoms with Crippen LogP contribution in [0.4, 0.5) is 0 Å². The van der Waals surface area contributed by atoms with Crippen LogP contribution < -0.4 is 0 Å². The molecule has 102 valence electrons. The number of carbonyl (C=O) groups is 2. The minimum atomic E-state index is -0.384. The number of likely N-dealkylation sites (N-methyl/N-ethyl adjacent to an activating group) is 1. The number of piperazine rings is 1. The molecule has 0 N–H and O–H groups in total. The van der Waals surface area contributed by atoms with Crippen molar-refractivity contribution >= 4 is 11.7 Å². The topological polar surface area (TPSA) is 40.6 Å². The third-order valence-corrected chi connectivity index (χ3v) is 3.62. The number of Topliss-reactive ketones (excluding diaryl/α,β-unsaturated/α-hetero) is 1. The maximum atomic E-state index is 12.3. The Balaban J connectivity index is 2.15. The van der Waals surface area contributed by atoms with E-state index in [1.165, 1.54) is 0 Å². The zero-order valence-corrected chi connectivity index (χ0v) is 11.8. The summed E-state index contributed by atoms with van der Waals surface area (Å²) >= 11 is 0. The zero-order chi connectivity index (χ0) is 14.0. The Hall–Kier alpha value is -1.68. The van der Waals surface area contributed by atoms with E-state index in [1.54, 1.807) is 11.0 Å². The number of benzene rings is 1. The van der Waals surface area contributed by atoms with Crippen molar-refractivity contribution in [2.45, 2.75) is 13.8 Å². The van der Waals surface area contributed by atoms with Crippen molar-refractivity contribution < 1.29 is 9.59 Å². The first kappa shape index (κ1) is 13.7. The van der Waals surface area contributed by atoms with Gasteiger partial charge in [-0.1, -0.05) is 17.7 Å². The first-order chi connectivity index (χ1) is 8.99. The molecule has 1 heterocycles. The Morgan fingerprint density at radius 3 is 2.32 bits per heavy atom. The molecule has 1 aliphatic heterocycles. The van der Waals surface area contributed by atoms with Crippen molar-refractivity contribution in [3.63, 3.8) is 0 Å². The highest BCUT2D eigenvalue weighted by Crippen LogP contribution is 2.13. The van der Waals surface area contributed by atoms with E-state index in [2.05, 4.69) is 4.90 Å². The monoisotopic (exact) mass is 260 g/mol. The van der Waals surface area contributed by atoms with E-state index in [-0.39, 0.29) is 11.7 Å². The number of hydrogen-bond acceptors (Lipinski definition) is 3. The van der Waals surface area contributed by atoms with Crippen molar-refractivity contribution in [1.82, 2.24) is 9.80 Å². The van der Waals surface area contributed by atoms with Gasteiger partial charge >= 0.3 is 0 Å². The zero-order valence-electron chi connectivity index (χ0n) is 11.8. The summed E-state index contributed by atoms with van der Waals surface area (Å²) in [5.74, 6) is -0.757. The highest BCUT2D eigenvalue weighted by Gasteiger charge is 2.26. The number of nitrogens with zero attached hydrogens (tertiary/aromatic N) is 2. The van der Waals surface area contributed by atoms with E-state index >= 15 is 0 Å².